The number of H-pyrrole nitrogens is 1. The van der Waals surface area contributed by atoms with Crippen LogP contribution in [-0.2, 0) is 6.42 Å². The number of aromatic amines is 1. The number of hydrogen-bond acceptors (Lipinski definition) is 5. The lowest BCUT2D eigenvalue weighted by Gasteiger charge is -2.09. The lowest BCUT2D eigenvalue weighted by molar-refractivity contribution is 1.07. The molecule has 0 aliphatic heterocycles. The largest absolute Gasteiger partial charge is 0.338 e. The maximum atomic E-state index is 8.78. The molecular weight excluding hydrogens is 324 g/mol. The van der Waals surface area contributed by atoms with E-state index in [1.54, 1.807) is 12.4 Å². The summed E-state index contributed by atoms with van der Waals surface area (Å²) in [7, 11) is 0. The summed E-state index contributed by atoms with van der Waals surface area (Å²) in [4.78, 5) is 8.78. The SMILES string of the molecule is Cc1[nH]nc2ccnc(Nc3cncc(-c4ccc(CC#N)cc4)c3)c12. The molecule has 0 amide bonds. The van der Waals surface area contributed by atoms with Crippen molar-refractivity contribution in [3.05, 3.63) is 66.2 Å². The minimum atomic E-state index is 0.417. The monoisotopic (exact) mass is 340 g/mol. The zero-order valence-corrected chi connectivity index (χ0v) is 14.2. The minimum Gasteiger partial charge on any atom is -0.338 e. The third-order valence-corrected chi connectivity index (χ3v) is 4.22. The standard InChI is InChI=1S/C20H16N6/c1-13-19-18(26-25-13)7-9-23-20(19)24-17-10-16(11-22-12-17)15-4-2-14(3-5-15)6-8-21/h2-5,7,9-12H,6H2,1H3,(H,23,24)(H,25,26). The molecule has 0 aliphatic rings. The molecule has 126 valence electrons. The van der Waals surface area contributed by atoms with E-state index in [1.165, 1.54) is 0 Å². The molecule has 6 nitrogen and oxygen atoms in total. The summed E-state index contributed by atoms with van der Waals surface area (Å²) in [5, 5.41) is 20.3. The summed E-state index contributed by atoms with van der Waals surface area (Å²) < 4.78 is 0. The van der Waals surface area contributed by atoms with E-state index < -0.39 is 0 Å². The molecule has 0 aliphatic carbocycles. The number of anilines is 2. The molecule has 2 N–H and O–H groups in total. The maximum absolute atomic E-state index is 8.78. The average molecular weight is 340 g/mol. The third-order valence-electron chi connectivity index (χ3n) is 4.22. The first-order valence-electron chi connectivity index (χ1n) is 8.22. The van der Waals surface area contributed by atoms with E-state index in [0.717, 1.165) is 44.8 Å². The molecule has 0 radical (unpaired) electrons. The van der Waals surface area contributed by atoms with Crippen molar-refractivity contribution in [1.82, 2.24) is 20.2 Å². The third kappa shape index (κ3) is 2.98. The molecule has 3 aromatic heterocycles. The molecule has 0 saturated carbocycles. The van der Waals surface area contributed by atoms with Gasteiger partial charge in [0.25, 0.3) is 0 Å². The summed E-state index contributed by atoms with van der Waals surface area (Å²) >= 11 is 0. The molecule has 4 aromatic rings. The molecule has 0 unspecified atom stereocenters. The molecule has 6 heteroatoms. The second kappa shape index (κ2) is 6.65. The molecule has 3 heterocycles. The molecule has 0 fully saturated rings. The predicted octanol–water partition coefficient (Wildman–Crippen LogP) is 4.14. The Balaban J connectivity index is 1.65. The highest BCUT2D eigenvalue weighted by Crippen LogP contribution is 2.27. The normalized spacial score (nSPS) is 10.6. The van der Waals surface area contributed by atoms with Crippen LogP contribution in [0.15, 0.2) is 55.0 Å². The van der Waals surface area contributed by atoms with Crippen LogP contribution in [0, 0.1) is 18.3 Å². The lowest BCUT2D eigenvalue weighted by atomic mass is 10.0. The highest BCUT2D eigenvalue weighted by atomic mass is 15.1. The highest BCUT2D eigenvalue weighted by Gasteiger charge is 2.09. The zero-order valence-electron chi connectivity index (χ0n) is 14.2. The number of nitrogens with one attached hydrogen (secondary N) is 2. The Bertz CT molecular complexity index is 1110. The van der Waals surface area contributed by atoms with Gasteiger partial charge in [-0.15, -0.1) is 0 Å². The van der Waals surface area contributed by atoms with Gasteiger partial charge in [-0.1, -0.05) is 24.3 Å². The Hall–Kier alpha value is -3.72. The quantitative estimate of drug-likeness (QED) is 0.583. The van der Waals surface area contributed by atoms with Gasteiger partial charge in [-0.3, -0.25) is 10.1 Å². The second-order valence-corrected chi connectivity index (χ2v) is 6.02. The zero-order chi connectivity index (χ0) is 17.9. The van der Waals surface area contributed by atoms with E-state index in [-0.39, 0.29) is 0 Å². The fraction of sp³-hybridized carbons (Fsp3) is 0.100. The summed E-state index contributed by atoms with van der Waals surface area (Å²) in [5.74, 6) is 0.747. The number of aromatic nitrogens is 4. The van der Waals surface area contributed by atoms with Gasteiger partial charge in [0.05, 0.1) is 35.3 Å². The summed E-state index contributed by atoms with van der Waals surface area (Å²) in [6, 6.07) is 14.0. The Kier molecular flexibility index (Phi) is 4.04. The fourth-order valence-electron chi connectivity index (χ4n) is 2.92. The van der Waals surface area contributed by atoms with Crippen LogP contribution >= 0.6 is 0 Å². The van der Waals surface area contributed by atoms with Crippen LogP contribution in [0.25, 0.3) is 22.0 Å². The van der Waals surface area contributed by atoms with Crippen LogP contribution in [0.3, 0.4) is 0 Å². The number of pyridine rings is 2. The number of fused-ring (bicyclic) bond motifs is 1. The summed E-state index contributed by atoms with van der Waals surface area (Å²) in [6.45, 7) is 1.97. The van der Waals surface area contributed by atoms with E-state index in [1.807, 2.05) is 49.5 Å². The molecule has 0 spiro atoms. The number of hydrogen-bond donors (Lipinski definition) is 2. The molecule has 0 saturated heterocycles. The van der Waals surface area contributed by atoms with Gasteiger partial charge in [0.2, 0.25) is 0 Å². The summed E-state index contributed by atoms with van der Waals surface area (Å²) in [5.41, 5.74) is 5.74. The molecule has 1 aromatic carbocycles. The van der Waals surface area contributed by atoms with Crippen LogP contribution in [0.2, 0.25) is 0 Å². The van der Waals surface area contributed by atoms with E-state index in [4.69, 9.17) is 5.26 Å². The van der Waals surface area contributed by atoms with Crippen molar-refractivity contribution in [3.63, 3.8) is 0 Å². The van der Waals surface area contributed by atoms with E-state index in [0.29, 0.717) is 6.42 Å². The van der Waals surface area contributed by atoms with E-state index in [2.05, 4.69) is 31.6 Å². The van der Waals surface area contributed by atoms with Crippen molar-refractivity contribution < 1.29 is 0 Å². The fourth-order valence-corrected chi connectivity index (χ4v) is 2.92. The van der Waals surface area contributed by atoms with Crippen LogP contribution in [-0.4, -0.2) is 20.2 Å². The van der Waals surface area contributed by atoms with Crippen molar-refractivity contribution in [1.29, 1.82) is 5.26 Å². The number of rotatable bonds is 4. The predicted molar refractivity (Wildman–Crippen MR) is 101 cm³/mol. The van der Waals surface area contributed by atoms with E-state index in [9.17, 15) is 0 Å². The minimum absolute atomic E-state index is 0.417. The number of nitriles is 1. The number of aryl methyl sites for hydroxylation is 1. The van der Waals surface area contributed by atoms with Gasteiger partial charge in [0.1, 0.15) is 5.82 Å². The van der Waals surface area contributed by atoms with Gasteiger partial charge in [0.15, 0.2) is 0 Å². The Morgan fingerprint density at radius 2 is 1.96 bits per heavy atom. The topological polar surface area (TPSA) is 90.3 Å². The Morgan fingerprint density at radius 1 is 1.12 bits per heavy atom. The van der Waals surface area contributed by atoms with Crippen molar-refractivity contribution in [2.75, 3.05) is 5.32 Å². The van der Waals surface area contributed by atoms with Crippen molar-refractivity contribution in [2.24, 2.45) is 0 Å². The van der Waals surface area contributed by atoms with Crippen molar-refractivity contribution in [3.8, 4) is 17.2 Å². The van der Waals surface area contributed by atoms with Gasteiger partial charge in [0, 0.05) is 23.7 Å². The van der Waals surface area contributed by atoms with Gasteiger partial charge >= 0.3 is 0 Å². The first-order valence-corrected chi connectivity index (χ1v) is 8.22. The maximum Gasteiger partial charge on any atom is 0.141 e. The molecule has 26 heavy (non-hydrogen) atoms. The van der Waals surface area contributed by atoms with Crippen molar-refractivity contribution in [2.45, 2.75) is 13.3 Å². The molecule has 0 atom stereocenters. The highest BCUT2D eigenvalue weighted by molar-refractivity contribution is 5.92. The van der Waals surface area contributed by atoms with Crippen LogP contribution < -0.4 is 5.32 Å². The molecule has 4 rings (SSSR count). The van der Waals surface area contributed by atoms with E-state index >= 15 is 0 Å². The molecule has 0 bridgehead atoms. The smallest absolute Gasteiger partial charge is 0.141 e. The lowest BCUT2D eigenvalue weighted by Crippen LogP contribution is -1.96. The first kappa shape index (κ1) is 15.8. The first-order chi connectivity index (χ1) is 12.7. The van der Waals surface area contributed by atoms with Gasteiger partial charge in [-0.2, -0.15) is 10.4 Å². The van der Waals surface area contributed by atoms with Crippen molar-refractivity contribution >= 4 is 22.4 Å². The average Bonchev–Trinajstić information content (AvgIpc) is 3.05. The van der Waals surface area contributed by atoms with Gasteiger partial charge < -0.3 is 5.32 Å². The molecular formula is C20H16N6. The number of benzene rings is 1. The Morgan fingerprint density at radius 3 is 2.77 bits per heavy atom. The van der Waals surface area contributed by atoms with Crippen LogP contribution in [0.5, 0.6) is 0 Å². The van der Waals surface area contributed by atoms with Gasteiger partial charge in [-0.25, -0.2) is 4.98 Å². The van der Waals surface area contributed by atoms with Gasteiger partial charge in [-0.05, 0) is 30.2 Å². The summed E-state index contributed by atoms with van der Waals surface area (Å²) in [6.07, 6.45) is 5.74. The van der Waals surface area contributed by atoms with Crippen LogP contribution in [0.4, 0.5) is 11.5 Å². The Labute approximate surface area is 150 Å². The van der Waals surface area contributed by atoms with Crippen LogP contribution in [0.1, 0.15) is 11.3 Å². The second-order valence-electron chi connectivity index (χ2n) is 6.02. The number of nitrogens with zero attached hydrogens (tertiary/aromatic N) is 4.